The number of hydrogen-bond acceptors (Lipinski definition) is 5. The van der Waals surface area contributed by atoms with Crippen molar-refractivity contribution in [2.24, 2.45) is 28.7 Å². The fourth-order valence-corrected chi connectivity index (χ4v) is 7.27. The number of hydrogen-bond donors (Lipinski definition) is 2. The summed E-state index contributed by atoms with van der Waals surface area (Å²) in [5.74, 6) is 1.49. The quantitative estimate of drug-likeness (QED) is 0.834. The van der Waals surface area contributed by atoms with E-state index in [1.165, 1.54) is 11.1 Å². The van der Waals surface area contributed by atoms with Crippen molar-refractivity contribution in [2.45, 2.75) is 56.3 Å². The minimum Gasteiger partial charge on any atom is -0.497 e. The van der Waals surface area contributed by atoms with Crippen LogP contribution in [0.25, 0.3) is 0 Å². The first-order valence-corrected chi connectivity index (χ1v) is 10.4. The van der Waals surface area contributed by atoms with Crippen molar-refractivity contribution >= 4 is 0 Å². The van der Waals surface area contributed by atoms with Gasteiger partial charge in [0.1, 0.15) is 5.75 Å². The first kappa shape index (κ1) is 17.9. The highest BCUT2D eigenvalue weighted by Gasteiger charge is 2.71. The van der Waals surface area contributed by atoms with Gasteiger partial charge in [0, 0.05) is 23.3 Å². The summed E-state index contributed by atoms with van der Waals surface area (Å²) in [6, 6.07) is 6.52. The van der Waals surface area contributed by atoms with Crippen LogP contribution in [0.3, 0.4) is 0 Å². The maximum Gasteiger partial charge on any atom is 0.174 e. The topological polar surface area (TPSA) is 79.7 Å². The van der Waals surface area contributed by atoms with Gasteiger partial charge in [0.15, 0.2) is 5.79 Å². The second-order valence-corrected chi connectivity index (χ2v) is 9.31. The van der Waals surface area contributed by atoms with E-state index in [0.29, 0.717) is 37.5 Å². The molecule has 1 aromatic rings. The minimum atomic E-state index is -0.487. The summed E-state index contributed by atoms with van der Waals surface area (Å²) in [6.07, 6.45) is 5.02. The van der Waals surface area contributed by atoms with Crippen LogP contribution in [0.5, 0.6) is 5.75 Å². The predicted molar refractivity (Wildman–Crippen MR) is 104 cm³/mol. The van der Waals surface area contributed by atoms with Gasteiger partial charge in [0.05, 0.1) is 20.3 Å². The number of fused-ring (bicyclic) bond motifs is 6. The molecule has 4 aliphatic rings. The smallest absolute Gasteiger partial charge is 0.174 e. The number of rotatable bonds is 2. The third-order valence-corrected chi connectivity index (χ3v) is 8.35. The largest absolute Gasteiger partial charge is 0.497 e. The second kappa shape index (κ2) is 5.93. The molecule has 5 rings (SSSR count). The number of methoxy groups -OCH3 is 1. The lowest BCUT2D eigenvalue weighted by Crippen LogP contribution is -2.65. The van der Waals surface area contributed by atoms with Crippen molar-refractivity contribution in [3.05, 3.63) is 29.3 Å². The highest BCUT2D eigenvalue weighted by Crippen LogP contribution is 2.68. The first-order valence-electron chi connectivity index (χ1n) is 10.4. The summed E-state index contributed by atoms with van der Waals surface area (Å²) in [5.41, 5.74) is 16.1. The van der Waals surface area contributed by atoms with Crippen LogP contribution >= 0.6 is 0 Å². The van der Waals surface area contributed by atoms with E-state index in [4.69, 9.17) is 25.7 Å². The second-order valence-electron chi connectivity index (χ2n) is 9.31. The molecule has 1 heterocycles. The molecule has 2 saturated carbocycles. The monoisotopic (exact) mass is 372 g/mol. The number of aryl methyl sites for hydroxylation is 1. The van der Waals surface area contributed by atoms with Crippen LogP contribution in [0.15, 0.2) is 18.2 Å². The Kier molecular flexibility index (Phi) is 3.94. The molecule has 3 fully saturated rings. The van der Waals surface area contributed by atoms with E-state index in [9.17, 15) is 0 Å². The van der Waals surface area contributed by atoms with Gasteiger partial charge in [-0.1, -0.05) is 13.0 Å². The van der Waals surface area contributed by atoms with Gasteiger partial charge in [-0.15, -0.1) is 0 Å². The van der Waals surface area contributed by atoms with E-state index in [1.807, 2.05) is 0 Å². The minimum absolute atomic E-state index is 0.0667. The standard InChI is InChI=1S/C22H32N2O3/c1-20-7-6-18-17-4-3-16(25-2)11-14(17)5-8-21(18,24)19(20)15(13-23)12-22(20)26-9-10-27-22/h3-4,11,15,18-19H,5-10,12-13,23-24H2,1-2H3/t15-,18?,19?,20?,21?/m1/s1. The van der Waals surface area contributed by atoms with Crippen LogP contribution in [0, 0.1) is 17.3 Å². The van der Waals surface area contributed by atoms with Gasteiger partial charge >= 0.3 is 0 Å². The van der Waals surface area contributed by atoms with Gasteiger partial charge in [-0.2, -0.15) is 0 Å². The summed E-state index contributed by atoms with van der Waals surface area (Å²) < 4.78 is 18.0. The summed E-state index contributed by atoms with van der Waals surface area (Å²) in [4.78, 5) is 0. The van der Waals surface area contributed by atoms with Crippen molar-refractivity contribution < 1.29 is 14.2 Å². The summed E-state index contributed by atoms with van der Waals surface area (Å²) >= 11 is 0. The van der Waals surface area contributed by atoms with Crippen molar-refractivity contribution in [3.8, 4) is 5.75 Å². The Labute approximate surface area is 161 Å². The van der Waals surface area contributed by atoms with E-state index < -0.39 is 5.79 Å². The Bertz CT molecular complexity index is 747. The van der Waals surface area contributed by atoms with E-state index in [1.54, 1.807) is 7.11 Å². The van der Waals surface area contributed by atoms with Gasteiger partial charge in [0.25, 0.3) is 0 Å². The van der Waals surface area contributed by atoms with Gasteiger partial charge in [-0.05, 0) is 67.3 Å². The van der Waals surface area contributed by atoms with Gasteiger partial charge < -0.3 is 25.7 Å². The van der Waals surface area contributed by atoms with Gasteiger partial charge in [0.2, 0.25) is 0 Å². The van der Waals surface area contributed by atoms with Crippen molar-refractivity contribution in [2.75, 3.05) is 26.9 Å². The normalized spacial score (nSPS) is 41.9. The van der Waals surface area contributed by atoms with Crippen molar-refractivity contribution in [1.82, 2.24) is 0 Å². The van der Waals surface area contributed by atoms with E-state index in [-0.39, 0.29) is 11.0 Å². The Hall–Kier alpha value is -1.14. The fraction of sp³-hybridized carbons (Fsp3) is 0.727. The molecule has 0 bridgehead atoms. The summed E-state index contributed by atoms with van der Waals surface area (Å²) in [7, 11) is 1.73. The molecular formula is C22H32N2O3. The Morgan fingerprint density at radius 2 is 2.00 bits per heavy atom. The highest BCUT2D eigenvalue weighted by molar-refractivity contribution is 5.43. The zero-order valence-corrected chi connectivity index (χ0v) is 16.5. The molecule has 27 heavy (non-hydrogen) atoms. The maximum atomic E-state index is 7.34. The molecule has 4 unspecified atom stereocenters. The molecule has 4 N–H and O–H groups in total. The van der Waals surface area contributed by atoms with Crippen LogP contribution in [0.1, 0.15) is 49.7 Å². The van der Waals surface area contributed by atoms with Crippen LogP contribution < -0.4 is 16.2 Å². The third kappa shape index (κ3) is 2.20. The van der Waals surface area contributed by atoms with Gasteiger partial charge in [-0.3, -0.25) is 0 Å². The predicted octanol–water partition coefficient (Wildman–Crippen LogP) is 2.56. The Morgan fingerprint density at radius 3 is 2.70 bits per heavy atom. The van der Waals surface area contributed by atoms with Crippen LogP contribution in [-0.4, -0.2) is 38.2 Å². The molecule has 0 aromatic heterocycles. The molecule has 5 heteroatoms. The summed E-state index contributed by atoms with van der Waals surface area (Å²) in [5, 5.41) is 0. The van der Waals surface area contributed by atoms with Gasteiger partial charge in [-0.25, -0.2) is 0 Å². The fourth-order valence-electron chi connectivity index (χ4n) is 7.27. The average molecular weight is 373 g/mol. The lowest BCUT2D eigenvalue weighted by molar-refractivity contribution is -0.238. The molecule has 5 nitrogen and oxygen atoms in total. The van der Waals surface area contributed by atoms with Crippen LogP contribution in [-0.2, 0) is 15.9 Å². The van der Waals surface area contributed by atoms with E-state index in [0.717, 1.165) is 37.9 Å². The van der Waals surface area contributed by atoms with E-state index in [2.05, 4.69) is 25.1 Å². The SMILES string of the molecule is COc1ccc2c(c1)CCC1(N)C2CCC2(C)C1[C@@H](CN)CC21OCCO1. The number of benzene rings is 1. The molecule has 3 aliphatic carbocycles. The highest BCUT2D eigenvalue weighted by atomic mass is 16.7. The molecule has 1 aromatic carbocycles. The lowest BCUT2D eigenvalue weighted by atomic mass is 9.50. The van der Waals surface area contributed by atoms with Crippen molar-refractivity contribution in [1.29, 1.82) is 0 Å². The molecule has 1 aliphatic heterocycles. The molecule has 148 valence electrons. The zero-order chi connectivity index (χ0) is 18.9. The van der Waals surface area contributed by atoms with Crippen LogP contribution in [0.2, 0.25) is 0 Å². The molecule has 0 amide bonds. The lowest BCUT2D eigenvalue weighted by Gasteiger charge is -2.59. The van der Waals surface area contributed by atoms with E-state index >= 15 is 0 Å². The number of nitrogens with two attached hydrogens (primary N) is 2. The maximum absolute atomic E-state index is 7.34. The molecular weight excluding hydrogens is 340 g/mol. The summed E-state index contributed by atoms with van der Waals surface area (Å²) in [6.45, 7) is 4.37. The molecule has 1 saturated heterocycles. The molecule has 0 radical (unpaired) electrons. The average Bonchev–Trinajstić information content (AvgIpc) is 3.25. The third-order valence-electron chi connectivity index (χ3n) is 8.35. The first-order chi connectivity index (χ1) is 13.0. The Morgan fingerprint density at radius 1 is 1.22 bits per heavy atom. The zero-order valence-electron chi connectivity index (χ0n) is 16.5. The Balaban J connectivity index is 1.59. The van der Waals surface area contributed by atoms with Crippen LogP contribution in [0.4, 0.5) is 0 Å². The molecule has 1 spiro atoms. The molecule has 5 atom stereocenters. The van der Waals surface area contributed by atoms with Crippen molar-refractivity contribution in [3.63, 3.8) is 0 Å². The number of ether oxygens (including phenoxy) is 3.